The first-order chi connectivity index (χ1) is 13.7. The van der Waals surface area contributed by atoms with E-state index < -0.39 is 11.9 Å². The Morgan fingerprint density at radius 1 is 1.00 bits per heavy atom. The largest absolute Gasteiger partial charge is 0.433 e. The number of halogens is 3. The number of alkyl halides is 3. The van der Waals surface area contributed by atoms with Crippen LogP contribution in [-0.2, 0) is 6.18 Å². The van der Waals surface area contributed by atoms with Gasteiger partial charge in [0.1, 0.15) is 12.0 Å². The van der Waals surface area contributed by atoms with Gasteiger partial charge in [0.15, 0.2) is 0 Å². The van der Waals surface area contributed by atoms with Gasteiger partial charge in [0.2, 0.25) is 11.6 Å². The fourth-order valence-electron chi connectivity index (χ4n) is 3.35. The lowest BCUT2D eigenvalue weighted by Gasteiger charge is -2.36. The van der Waals surface area contributed by atoms with Crippen LogP contribution in [0.1, 0.15) is 36.8 Å². The highest BCUT2D eigenvalue weighted by molar-refractivity contribution is 5.68. The van der Waals surface area contributed by atoms with Gasteiger partial charge in [0.25, 0.3) is 0 Å². The first-order valence-corrected chi connectivity index (χ1v) is 9.36. The number of aryl methyl sites for hydroxylation is 1. The molecule has 3 aromatic rings. The lowest BCUT2D eigenvalue weighted by molar-refractivity contribution is -0.141. The second-order valence-electron chi connectivity index (χ2n) is 7.37. The molecule has 3 aromatic heterocycles. The number of piperazine rings is 1. The number of hydrogen-bond donors (Lipinski definition) is 0. The summed E-state index contributed by atoms with van der Waals surface area (Å²) in [6, 6.07) is 2.98. The Morgan fingerprint density at radius 3 is 2.34 bits per heavy atom. The van der Waals surface area contributed by atoms with Crippen molar-refractivity contribution >= 4 is 17.3 Å². The molecular weight excluding hydrogens is 385 g/mol. The van der Waals surface area contributed by atoms with Crippen LogP contribution >= 0.6 is 0 Å². The fraction of sp³-hybridized carbons (Fsp3) is 0.500. The predicted octanol–water partition coefficient (Wildman–Crippen LogP) is 2.69. The Labute approximate surface area is 165 Å². The summed E-state index contributed by atoms with van der Waals surface area (Å²) in [4.78, 5) is 12.1. The third-order valence-corrected chi connectivity index (χ3v) is 4.89. The van der Waals surface area contributed by atoms with Crippen LogP contribution in [-0.4, -0.2) is 56.0 Å². The number of fused-ring (bicyclic) bond motifs is 1. The Bertz CT molecular complexity index is 1020. The lowest BCUT2D eigenvalue weighted by Crippen LogP contribution is -2.47. The Balaban J connectivity index is 1.58. The van der Waals surface area contributed by atoms with E-state index in [-0.39, 0.29) is 11.9 Å². The molecule has 0 saturated carbocycles. The number of rotatable bonds is 3. The molecule has 1 fully saturated rings. The van der Waals surface area contributed by atoms with Crippen LogP contribution in [0.4, 0.5) is 24.8 Å². The van der Waals surface area contributed by atoms with Crippen LogP contribution in [0.2, 0.25) is 0 Å². The number of aromatic nitrogens is 6. The Morgan fingerprint density at radius 2 is 1.69 bits per heavy atom. The Hall–Kier alpha value is -2.98. The minimum absolute atomic E-state index is 0.125. The first kappa shape index (κ1) is 19.3. The van der Waals surface area contributed by atoms with Gasteiger partial charge in [-0.05, 0) is 25.0 Å². The van der Waals surface area contributed by atoms with Crippen molar-refractivity contribution in [3.05, 3.63) is 35.5 Å². The van der Waals surface area contributed by atoms with Gasteiger partial charge < -0.3 is 9.80 Å². The maximum atomic E-state index is 13.3. The van der Waals surface area contributed by atoms with Crippen molar-refractivity contribution in [2.45, 2.75) is 32.9 Å². The summed E-state index contributed by atoms with van der Waals surface area (Å²) in [6.45, 7) is 7.73. The molecule has 0 unspecified atom stereocenters. The molecule has 0 aromatic carbocycles. The monoisotopic (exact) mass is 406 g/mol. The molecule has 4 rings (SSSR count). The van der Waals surface area contributed by atoms with Gasteiger partial charge in [-0.25, -0.2) is 9.97 Å². The van der Waals surface area contributed by atoms with Gasteiger partial charge in [-0.15, -0.1) is 10.2 Å². The average molecular weight is 406 g/mol. The number of anilines is 2. The van der Waals surface area contributed by atoms with E-state index in [1.807, 2.05) is 26.8 Å². The fourth-order valence-corrected chi connectivity index (χ4v) is 3.35. The van der Waals surface area contributed by atoms with E-state index in [2.05, 4.69) is 30.2 Å². The SMILES string of the molecule is Cc1cc(N2CCN(c3nc(C(C)C)cc(C(F)(F)F)n3)CC2)c2nncn2n1. The van der Waals surface area contributed by atoms with Crippen LogP contribution in [0.5, 0.6) is 0 Å². The zero-order valence-corrected chi connectivity index (χ0v) is 16.3. The van der Waals surface area contributed by atoms with Gasteiger partial charge in [-0.1, -0.05) is 13.8 Å². The minimum atomic E-state index is -4.50. The quantitative estimate of drug-likeness (QED) is 0.662. The van der Waals surface area contributed by atoms with Crippen LogP contribution in [0.25, 0.3) is 5.65 Å². The molecule has 0 amide bonds. The van der Waals surface area contributed by atoms with Crippen LogP contribution < -0.4 is 9.80 Å². The van der Waals surface area contributed by atoms with Crippen LogP contribution in [0, 0.1) is 6.92 Å². The smallest absolute Gasteiger partial charge is 0.365 e. The van der Waals surface area contributed by atoms with E-state index in [9.17, 15) is 13.2 Å². The number of nitrogens with zero attached hydrogens (tertiary/aromatic N) is 8. The molecule has 0 aliphatic carbocycles. The summed E-state index contributed by atoms with van der Waals surface area (Å²) in [5.74, 6) is 0.00173. The van der Waals surface area contributed by atoms with Crippen LogP contribution in [0.15, 0.2) is 18.5 Å². The second-order valence-corrected chi connectivity index (χ2v) is 7.37. The van der Waals surface area contributed by atoms with Crippen molar-refractivity contribution in [1.82, 2.24) is 29.8 Å². The van der Waals surface area contributed by atoms with E-state index in [0.29, 0.717) is 37.5 Å². The van der Waals surface area contributed by atoms with Crippen molar-refractivity contribution in [2.24, 2.45) is 0 Å². The minimum Gasteiger partial charge on any atom is -0.365 e. The summed E-state index contributed by atoms with van der Waals surface area (Å²) in [5, 5.41) is 12.4. The highest BCUT2D eigenvalue weighted by Crippen LogP contribution is 2.31. The molecule has 1 aliphatic rings. The average Bonchev–Trinajstić information content (AvgIpc) is 3.14. The summed E-state index contributed by atoms with van der Waals surface area (Å²) in [7, 11) is 0. The van der Waals surface area contributed by atoms with E-state index in [1.54, 1.807) is 15.7 Å². The van der Waals surface area contributed by atoms with Crippen molar-refractivity contribution in [1.29, 1.82) is 0 Å². The van der Waals surface area contributed by atoms with Crippen LogP contribution in [0.3, 0.4) is 0 Å². The highest BCUT2D eigenvalue weighted by Gasteiger charge is 2.35. The molecule has 4 heterocycles. The molecule has 0 radical (unpaired) electrons. The summed E-state index contributed by atoms with van der Waals surface area (Å²) in [5.41, 5.74) is 1.88. The van der Waals surface area contributed by atoms with E-state index in [4.69, 9.17) is 0 Å². The maximum Gasteiger partial charge on any atom is 0.433 e. The first-order valence-electron chi connectivity index (χ1n) is 9.36. The molecule has 29 heavy (non-hydrogen) atoms. The van der Waals surface area contributed by atoms with E-state index in [1.165, 1.54) is 0 Å². The summed E-state index contributed by atoms with van der Waals surface area (Å²) in [6.07, 6.45) is -2.96. The van der Waals surface area contributed by atoms with Gasteiger partial charge in [-0.3, -0.25) is 0 Å². The molecule has 0 spiro atoms. The molecular formula is C18H21F3N8. The van der Waals surface area contributed by atoms with E-state index in [0.717, 1.165) is 17.4 Å². The van der Waals surface area contributed by atoms with Crippen molar-refractivity contribution < 1.29 is 13.2 Å². The summed E-state index contributed by atoms with van der Waals surface area (Å²) >= 11 is 0. The molecule has 0 bridgehead atoms. The predicted molar refractivity (Wildman–Crippen MR) is 101 cm³/mol. The normalized spacial score (nSPS) is 15.6. The van der Waals surface area contributed by atoms with Gasteiger partial charge in [0, 0.05) is 31.9 Å². The Kier molecular flexibility index (Phi) is 4.75. The van der Waals surface area contributed by atoms with Crippen molar-refractivity contribution in [3.63, 3.8) is 0 Å². The molecule has 0 atom stereocenters. The third kappa shape index (κ3) is 3.81. The van der Waals surface area contributed by atoms with Gasteiger partial charge in [-0.2, -0.15) is 22.8 Å². The van der Waals surface area contributed by atoms with Crippen molar-refractivity contribution in [2.75, 3.05) is 36.0 Å². The summed E-state index contributed by atoms with van der Waals surface area (Å²) < 4.78 is 41.5. The standard InChI is InChI=1S/C18H21F3N8/c1-11(2)13-9-15(18(19,20)21)24-17(23-13)28-6-4-27(5-7-28)14-8-12(3)26-29-10-22-25-16(14)29/h8-11H,4-7H2,1-3H3. The van der Waals surface area contributed by atoms with Gasteiger partial charge in [0.05, 0.1) is 11.4 Å². The molecule has 0 N–H and O–H groups in total. The third-order valence-electron chi connectivity index (χ3n) is 4.89. The molecule has 8 nitrogen and oxygen atoms in total. The second kappa shape index (κ2) is 7.12. The van der Waals surface area contributed by atoms with Crippen molar-refractivity contribution in [3.8, 4) is 0 Å². The topological polar surface area (TPSA) is 75.3 Å². The highest BCUT2D eigenvalue weighted by atomic mass is 19.4. The zero-order valence-electron chi connectivity index (χ0n) is 16.3. The molecule has 1 saturated heterocycles. The number of hydrogen-bond acceptors (Lipinski definition) is 7. The molecule has 11 heteroatoms. The van der Waals surface area contributed by atoms with E-state index >= 15 is 0 Å². The zero-order chi connectivity index (χ0) is 20.8. The van der Waals surface area contributed by atoms with Gasteiger partial charge >= 0.3 is 6.18 Å². The molecule has 154 valence electrons. The lowest BCUT2D eigenvalue weighted by atomic mass is 10.1. The molecule has 1 aliphatic heterocycles. The maximum absolute atomic E-state index is 13.3.